The molecule has 8 heteroatoms. The second kappa shape index (κ2) is 18.7. The zero-order valence-electron chi connectivity index (χ0n) is 19.5. The molecule has 0 spiro atoms. The van der Waals surface area contributed by atoms with Gasteiger partial charge in [-0.2, -0.15) is 0 Å². The van der Waals surface area contributed by atoms with Crippen LogP contribution in [0.2, 0.25) is 0 Å². The van der Waals surface area contributed by atoms with Crippen LogP contribution >= 0.6 is 7.82 Å². The molecule has 3 unspecified atom stereocenters. The van der Waals surface area contributed by atoms with Crippen molar-refractivity contribution >= 4 is 7.82 Å². The largest absolute Gasteiger partial charge is 0.481 e. The summed E-state index contributed by atoms with van der Waals surface area (Å²) in [6, 6.07) is 0. The predicted octanol–water partition coefficient (Wildman–Crippen LogP) is 6.80. The van der Waals surface area contributed by atoms with E-state index in [-0.39, 0.29) is 0 Å². The molecule has 0 radical (unpaired) electrons. The maximum Gasteiger partial charge on any atom is 0.481 e. The van der Waals surface area contributed by atoms with Crippen LogP contribution in [-0.2, 0) is 32.3 Å². The number of ether oxygens (including phenoxy) is 3. The molecule has 0 aliphatic rings. The van der Waals surface area contributed by atoms with Gasteiger partial charge >= 0.3 is 7.82 Å². The van der Waals surface area contributed by atoms with Crippen LogP contribution in [0.25, 0.3) is 0 Å². The molecule has 0 aromatic carbocycles. The van der Waals surface area contributed by atoms with E-state index in [0.29, 0.717) is 39.1 Å². The molecule has 0 aromatic rings. The topological polar surface area (TPSA) is 72.5 Å². The molecule has 0 bridgehead atoms. The Hall–Kier alpha value is -0.0100. The number of phosphoric acid groups is 1. The predicted molar refractivity (Wildman–Crippen MR) is 116 cm³/mol. The molecular formula is C21H45O7P. The Morgan fingerprint density at radius 2 is 0.828 bits per heavy atom. The van der Waals surface area contributed by atoms with Crippen LogP contribution in [0.1, 0.15) is 99.3 Å². The number of hydrogen-bond donors (Lipinski definition) is 0. The lowest BCUT2D eigenvalue weighted by molar-refractivity contribution is -0.161. The molecule has 0 N–H and O–H groups in total. The highest BCUT2D eigenvalue weighted by molar-refractivity contribution is 7.48. The van der Waals surface area contributed by atoms with Crippen LogP contribution in [0, 0.1) is 0 Å². The smallest absolute Gasteiger partial charge is 0.352 e. The fraction of sp³-hybridized carbons (Fsp3) is 1.00. The van der Waals surface area contributed by atoms with Crippen LogP contribution in [0.4, 0.5) is 0 Å². The summed E-state index contributed by atoms with van der Waals surface area (Å²) in [6.07, 6.45) is 5.30. The van der Waals surface area contributed by atoms with E-state index in [9.17, 15) is 4.57 Å². The maximum absolute atomic E-state index is 13.5. The van der Waals surface area contributed by atoms with Crippen molar-refractivity contribution in [2.24, 2.45) is 0 Å². The van der Waals surface area contributed by atoms with Gasteiger partial charge in [0.25, 0.3) is 0 Å². The molecule has 7 nitrogen and oxygen atoms in total. The molecule has 0 saturated heterocycles. The van der Waals surface area contributed by atoms with E-state index in [1.807, 2.05) is 20.8 Å². The average molecular weight is 441 g/mol. The standard InChI is InChI=1S/C21H45O7P/c1-7-13-16-23-19(10-4)26-29(22,27-20(11-5)24-17-14-8-2)28-21(12-6)25-18-15-9-3/h19-21H,7-18H2,1-6H3. The zero-order valence-corrected chi connectivity index (χ0v) is 20.4. The number of rotatable bonds is 21. The summed E-state index contributed by atoms with van der Waals surface area (Å²) in [7, 11) is -3.96. The maximum atomic E-state index is 13.5. The van der Waals surface area contributed by atoms with E-state index in [4.69, 9.17) is 27.8 Å². The van der Waals surface area contributed by atoms with E-state index in [1.54, 1.807) is 0 Å². The molecular weight excluding hydrogens is 395 g/mol. The summed E-state index contributed by atoms with van der Waals surface area (Å²) in [5, 5.41) is 0. The summed E-state index contributed by atoms with van der Waals surface area (Å²) in [6.45, 7) is 13.6. The normalized spacial score (nSPS) is 17.0. The second-order valence-electron chi connectivity index (χ2n) is 6.95. The van der Waals surface area contributed by atoms with E-state index >= 15 is 0 Å². The Bertz CT molecular complexity index is 351. The molecule has 0 fully saturated rings. The van der Waals surface area contributed by atoms with Crippen LogP contribution in [0.3, 0.4) is 0 Å². The van der Waals surface area contributed by atoms with Crippen molar-refractivity contribution in [3.05, 3.63) is 0 Å². The fourth-order valence-electron chi connectivity index (χ4n) is 2.25. The third-order valence-corrected chi connectivity index (χ3v) is 5.62. The number of hydrogen-bond acceptors (Lipinski definition) is 7. The summed E-state index contributed by atoms with van der Waals surface area (Å²) < 4.78 is 47.9. The van der Waals surface area contributed by atoms with Gasteiger partial charge in [0.15, 0.2) is 18.9 Å². The van der Waals surface area contributed by atoms with Crippen LogP contribution in [-0.4, -0.2) is 38.7 Å². The van der Waals surface area contributed by atoms with Crippen molar-refractivity contribution in [3.63, 3.8) is 0 Å². The molecule has 0 amide bonds. The van der Waals surface area contributed by atoms with Crippen molar-refractivity contribution in [1.29, 1.82) is 0 Å². The van der Waals surface area contributed by atoms with Gasteiger partial charge < -0.3 is 14.2 Å². The van der Waals surface area contributed by atoms with Crippen molar-refractivity contribution in [1.82, 2.24) is 0 Å². The first-order valence-corrected chi connectivity index (χ1v) is 12.9. The van der Waals surface area contributed by atoms with Crippen molar-refractivity contribution in [3.8, 4) is 0 Å². The third kappa shape index (κ3) is 14.6. The minimum Gasteiger partial charge on any atom is -0.352 e. The molecule has 0 aliphatic carbocycles. The average Bonchev–Trinajstić information content (AvgIpc) is 2.72. The van der Waals surface area contributed by atoms with Gasteiger partial charge in [-0.1, -0.05) is 60.8 Å². The zero-order chi connectivity index (χ0) is 22.0. The quantitative estimate of drug-likeness (QED) is 0.110. The molecule has 176 valence electrons. The highest BCUT2D eigenvalue weighted by Crippen LogP contribution is 2.54. The Labute approximate surface area is 178 Å². The Morgan fingerprint density at radius 1 is 0.552 bits per heavy atom. The van der Waals surface area contributed by atoms with Gasteiger partial charge in [-0.05, 0) is 38.5 Å². The van der Waals surface area contributed by atoms with Crippen molar-refractivity contribution in [2.45, 2.75) is 118 Å². The Balaban J connectivity index is 5.16. The van der Waals surface area contributed by atoms with Crippen LogP contribution in [0.15, 0.2) is 0 Å². The molecule has 0 rings (SSSR count). The van der Waals surface area contributed by atoms with Gasteiger partial charge in [0.1, 0.15) is 0 Å². The first-order valence-electron chi connectivity index (χ1n) is 11.5. The molecule has 3 atom stereocenters. The molecule has 0 saturated carbocycles. The van der Waals surface area contributed by atoms with Gasteiger partial charge in [0.05, 0.1) is 0 Å². The van der Waals surface area contributed by atoms with E-state index in [1.165, 1.54) is 0 Å². The lowest BCUT2D eigenvalue weighted by Gasteiger charge is -2.29. The summed E-state index contributed by atoms with van der Waals surface area (Å²) >= 11 is 0. The third-order valence-electron chi connectivity index (χ3n) is 4.14. The summed E-state index contributed by atoms with van der Waals surface area (Å²) in [5.41, 5.74) is 0. The van der Waals surface area contributed by atoms with Gasteiger partial charge in [-0.3, -0.25) is 13.6 Å². The lowest BCUT2D eigenvalue weighted by Crippen LogP contribution is -2.25. The first-order chi connectivity index (χ1) is 14.0. The van der Waals surface area contributed by atoms with Gasteiger partial charge in [-0.25, -0.2) is 4.57 Å². The van der Waals surface area contributed by atoms with Crippen molar-refractivity contribution in [2.75, 3.05) is 19.8 Å². The SMILES string of the molecule is CCCCOC(CC)OP(=O)(OC(CC)OCCCC)OC(CC)OCCCC. The number of phosphoric ester groups is 1. The highest BCUT2D eigenvalue weighted by atomic mass is 31.2. The lowest BCUT2D eigenvalue weighted by atomic mass is 10.4. The Morgan fingerprint density at radius 3 is 1.03 bits per heavy atom. The summed E-state index contributed by atoms with van der Waals surface area (Å²) in [5.74, 6) is 0. The first kappa shape index (κ1) is 29.0. The minimum absolute atomic E-state index is 0.529. The fourth-order valence-corrected chi connectivity index (χ4v) is 3.90. The van der Waals surface area contributed by atoms with E-state index < -0.39 is 26.7 Å². The van der Waals surface area contributed by atoms with Gasteiger partial charge in [-0.15, -0.1) is 0 Å². The number of unbranched alkanes of at least 4 members (excludes halogenated alkanes) is 3. The van der Waals surface area contributed by atoms with E-state index in [2.05, 4.69) is 20.8 Å². The van der Waals surface area contributed by atoms with Crippen LogP contribution in [0.5, 0.6) is 0 Å². The van der Waals surface area contributed by atoms with E-state index in [0.717, 1.165) is 38.5 Å². The Kier molecular flexibility index (Phi) is 18.7. The van der Waals surface area contributed by atoms with Crippen molar-refractivity contribution < 1.29 is 32.3 Å². The summed E-state index contributed by atoms with van der Waals surface area (Å²) in [4.78, 5) is 0. The molecule has 0 aliphatic heterocycles. The highest BCUT2D eigenvalue weighted by Gasteiger charge is 2.37. The molecule has 29 heavy (non-hydrogen) atoms. The minimum atomic E-state index is -3.96. The van der Waals surface area contributed by atoms with Crippen LogP contribution < -0.4 is 0 Å². The monoisotopic (exact) mass is 440 g/mol. The van der Waals surface area contributed by atoms with Gasteiger partial charge in [0.2, 0.25) is 0 Å². The van der Waals surface area contributed by atoms with Gasteiger partial charge in [0, 0.05) is 19.8 Å². The molecule has 0 aromatic heterocycles. The molecule has 0 heterocycles. The second-order valence-corrected chi connectivity index (χ2v) is 8.48.